The molecule has 0 spiro atoms. The molecule has 0 bridgehead atoms. The predicted molar refractivity (Wildman–Crippen MR) is 503 cm³/mol. The number of fused-ring (bicyclic) bond motifs is 10. The number of nitrogens with zero attached hydrogens (tertiary/aromatic N) is 11. The molecular formula is C113H77N11. The second-order valence-electron chi connectivity index (χ2n) is 34.8. The average molecular weight is 1590 g/mol. The first-order valence-corrected chi connectivity index (χ1v) is 42.6. The van der Waals surface area contributed by atoms with Gasteiger partial charge in [0.15, 0.2) is 23.3 Å². The summed E-state index contributed by atoms with van der Waals surface area (Å²) in [5.74, 6) is 4.65. The van der Waals surface area contributed by atoms with Crippen molar-refractivity contribution >= 4 is 44.1 Å². The minimum Gasteiger partial charge on any atom is -0.291 e. The van der Waals surface area contributed by atoms with Crippen LogP contribution < -0.4 is 0 Å². The fourth-order valence-electron chi connectivity index (χ4n) is 21.0. The first-order valence-electron chi connectivity index (χ1n) is 42.6. The summed E-state index contributed by atoms with van der Waals surface area (Å²) in [5, 5.41) is 0. The number of hydrogen-bond donors (Lipinski definition) is 0. The molecule has 16 aromatic carbocycles. The SMILES string of the molecule is CC1(C)c2cccc3c2-c2c1ccc1nc(-c4ccc(-c5nc(-c6ccccc6)nc(-c6ccccc6)n5)cc4)n(c21)-c1ccccc1-3.CC1(C)c2cccc3c2-c2c1ccc1nc(-c4cccc(-c5ccccc5)c4)n(c21)-c1ccccc1-3.CC1(C)c2cccc3c2-c2c1ccc1nc(-c4nc5ccccc5nc4-c4ccccc4)n(c21)-c1ccccc1-3. The molecule has 5 aromatic heterocycles. The highest BCUT2D eigenvalue weighted by molar-refractivity contribution is 6.13. The molecule has 0 unspecified atom stereocenters. The molecule has 21 aromatic rings. The third-order valence-electron chi connectivity index (χ3n) is 26.9. The first-order chi connectivity index (χ1) is 60.8. The lowest BCUT2D eigenvalue weighted by molar-refractivity contribution is 0.660. The van der Waals surface area contributed by atoms with E-state index in [4.69, 9.17) is 39.9 Å². The molecule has 584 valence electrons. The number of rotatable bonds is 8. The van der Waals surface area contributed by atoms with Gasteiger partial charge in [-0.05, 0) is 132 Å². The Hall–Kier alpha value is -15.7. The molecule has 3 aliphatic carbocycles. The van der Waals surface area contributed by atoms with Crippen LogP contribution in [0.2, 0.25) is 0 Å². The van der Waals surface area contributed by atoms with Crippen molar-refractivity contribution in [1.29, 1.82) is 0 Å². The van der Waals surface area contributed by atoms with Gasteiger partial charge in [0.2, 0.25) is 0 Å². The summed E-state index contributed by atoms with van der Waals surface area (Å²) >= 11 is 0. The second-order valence-corrected chi connectivity index (χ2v) is 34.8. The second kappa shape index (κ2) is 26.6. The van der Waals surface area contributed by atoms with Crippen LogP contribution in [-0.4, -0.2) is 53.6 Å². The Morgan fingerprint density at radius 2 is 0.484 bits per heavy atom. The zero-order valence-corrected chi connectivity index (χ0v) is 69.0. The number of para-hydroxylation sites is 5. The normalized spacial score (nSPS) is 13.8. The summed E-state index contributed by atoms with van der Waals surface area (Å²) < 4.78 is 7.15. The summed E-state index contributed by atoms with van der Waals surface area (Å²) in [5.41, 5.74) is 45.3. The zero-order chi connectivity index (χ0) is 82.6. The first kappa shape index (κ1) is 71.2. The van der Waals surface area contributed by atoms with Crippen LogP contribution in [0.1, 0.15) is 74.9 Å². The third-order valence-corrected chi connectivity index (χ3v) is 26.9. The Morgan fingerprint density at radius 3 is 0.911 bits per heavy atom. The van der Waals surface area contributed by atoms with Crippen LogP contribution in [0, 0.1) is 0 Å². The van der Waals surface area contributed by atoms with Crippen molar-refractivity contribution in [3.8, 4) is 175 Å². The number of aromatic nitrogens is 11. The van der Waals surface area contributed by atoms with Crippen LogP contribution in [0.3, 0.4) is 0 Å². The lowest BCUT2D eigenvalue weighted by Gasteiger charge is -2.22. The van der Waals surface area contributed by atoms with E-state index in [9.17, 15) is 0 Å². The Balaban J connectivity index is 0.000000103. The summed E-state index contributed by atoms with van der Waals surface area (Å²) in [6, 6.07) is 127. The maximum atomic E-state index is 5.33. The molecule has 0 saturated carbocycles. The Bertz CT molecular complexity index is 8050. The lowest BCUT2D eigenvalue weighted by Crippen LogP contribution is -2.15. The maximum absolute atomic E-state index is 5.33. The van der Waals surface area contributed by atoms with Crippen LogP contribution in [0.15, 0.2) is 358 Å². The van der Waals surface area contributed by atoms with Crippen LogP contribution in [0.4, 0.5) is 0 Å². The standard InChI is InChI=1S/C43H29N5.C36H24N4.C34H24N2/c1-43(2)32-18-11-17-31-30-16-9-10-19-35(30)48-38-34(25-24-33(43)37(38)36(31)32)44-42(48)29-22-20-28(21-23-29)41-46-39(26-12-5-3-6-13-26)45-40(47-41)27-14-7-4-8-15-27;1-36(2)24-15-10-14-23-22-13-6-9-18-29(22)40-34-28(20-19-25(36)31(34)30(23)24)39-35(40)33-32(21-11-4-3-5-12-21)37-26-16-7-8-17-27(26)38-33;1-34(2)26-16-9-15-25-24-14-6-7-17-29(24)36-32-28(19-18-27(34)31(32)30(25)26)35-33(36)23-13-8-12-22(20-23)21-10-4-3-5-11-21/h3-25H,1-2H3;3-20H,1-2H3;3-20H,1-2H3. The summed E-state index contributed by atoms with van der Waals surface area (Å²) in [4.78, 5) is 41.1. The molecule has 124 heavy (non-hydrogen) atoms. The molecule has 0 fully saturated rings. The summed E-state index contributed by atoms with van der Waals surface area (Å²) in [6.07, 6.45) is 0. The van der Waals surface area contributed by atoms with E-state index in [0.717, 1.165) is 107 Å². The van der Waals surface area contributed by atoms with Gasteiger partial charge in [0.05, 0.1) is 61.2 Å². The molecule has 0 N–H and O–H groups in total. The van der Waals surface area contributed by atoms with E-state index >= 15 is 0 Å². The van der Waals surface area contributed by atoms with Crippen LogP contribution in [0.5, 0.6) is 0 Å². The van der Waals surface area contributed by atoms with Gasteiger partial charge in [-0.1, -0.05) is 345 Å². The number of imidazole rings is 3. The Morgan fingerprint density at radius 1 is 0.185 bits per heavy atom. The van der Waals surface area contributed by atoms with E-state index < -0.39 is 0 Å². The number of hydrogen-bond acceptors (Lipinski definition) is 8. The van der Waals surface area contributed by atoms with Gasteiger partial charge in [0.1, 0.15) is 23.0 Å². The van der Waals surface area contributed by atoms with Gasteiger partial charge in [-0.2, -0.15) is 0 Å². The smallest absolute Gasteiger partial charge is 0.166 e. The van der Waals surface area contributed by atoms with Crippen LogP contribution >= 0.6 is 0 Å². The van der Waals surface area contributed by atoms with E-state index in [0.29, 0.717) is 17.5 Å². The highest BCUT2D eigenvalue weighted by Crippen LogP contribution is 2.62. The number of benzene rings is 16. The topological polar surface area (TPSA) is 118 Å². The van der Waals surface area contributed by atoms with Gasteiger partial charge in [-0.25, -0.2) is 39.9 Å². The maximum Gasteiger partial charge on any atom is 0.166 e. The van der Waals surface area contributed by atoms with Gasteiger partial charge in [-0.15, -0.1) is 0 Å². The van der Waals surface area contributed by atoms with Gasteiger partial charge < -0.3 is 0 Å². The van der Waals surface area contributed by atoms with Crippen molar-refractivity contribution < 1.29 is 0 Å². The molecule has 0 amide bonds. The Kier molecular flexibility index (Phi) is 15.3. The van der Waals surface area contributed by atoms with Crippen molar-refractivity contribution in [2.45, 2.75) is 57.8 Å². The van der Waals surface area contributed by atoms with Crippen molar-refractivity contribution in [1.82, 2.24) is 53.6 Å². The quantitative estimate of drug-likeness (QED) is 0.148. The summed E-state index contributed by atoms with van der Waals surface area (Å²) in [7, 11) is 0. The highest BCUT2D eigenvalue weighted by Gasteiger charge is 2.45. The van der Waals surface area contributed by atoms with Crippen molar-refractivity contribution in [2.75, 3.05) is 0 Å². The third kappa shape index (κ3) is 10.4. The van der Waals surface area contributed by atoms with E-state index in [2.05, 4.69) is 322 Å². The zero-order valence-electron chi connectivity index (χ0n) is 69.0. The molecule has 8 heterocycles. The van der Waals surface area contributed by atoms with Crippen LogP contribution in [-0.2, 0) is 16.2 Å². The molecular weight excluding hydrogens is 1510 g/mol. The van der Waals surface area contributed by atoms with E-state index in [1.54, 1.807) is 0 Å². The average Bonchev–Trinajstić information content (AvgIpc) is 1.53. The minimum atomic E-state index is -0.103. The fourth-order valence-corrected chi connectivity index (χ4v) is 21.0. The monoisotopic (exact) mass is 1590 g/mol. The van der Waals surface area contributed by atoms with Crippen molar-refractivity contribution in [3.05, 3.63) is 391 Å². The molecule has 3 aliphatic heterocycles. The molecule has 6 aliphatic rings. The van der Waals surface area contributed by atoms with E-state index in [-0.39, 0.29) is 16.2 Å². The molecule has 0 atom stereocenters. The molecule has 27 rings (SSSR count). The molecule has 0 radical (unpaired) electrons. The van der Waals surface area contributed by atoms with Gasteiger partial charge in [0, 0.05) is 83.0 Å². The summed E-state index contributed by atoms with van der Waals surface area (Å²) in [6.45, 7) is 14.1. The molecule has 0 saturated heterocycles. The Labute approximate surface area is 716 Å². The largest absolute Gasteiger partial charge is 0.291 e. The van der Waals surface area contributed by atoms with Crippen molar-refractivity contribution in [3.63, 3.8) is 0 Å². The fraction of sp³-hybridized carbons (Fsp3) is 0.0796. The lowest BCUT2D eigenvalue weighted by atomic mass is 9.81. The van der Waals surface area contributed by atoms with Gasteiger partial charge in [0.25, 0.3) is 0 Å². The van der Waals surface area contributed by atoms with Gasteiger partial charge >= 0.3 is 0 Å². The molecule has 11 heteroatoms. The van der Waals surface area contributed by atoms with Gasteiger partial charge in [-0.3, -0.25) is 13.7 Å². The minimum absolute atomic E-state index is 0.0519. The molecule has 11 nitrogen and oxygen atoms in total. The van der Waals surface area contributed by atoms with Crippen LogP contribution in [0.25, 0.3) is 219 Å². The van der Waals surface area contributed by atoms with E-state index in [1.165, 1.54) is 128 Å². The highest BCUT2D eigenvalue weighted by atomic mass is 15.1. The van der Waals surface area contributed by atoms with E-state index in [1.807, 2.05) is 91.0 Å². The van der Waals surface area contributed by atoms with Crippen molar-refractivity contribution in [2.24, 2.45) is 0 Å². The predicted octanol–water partition coefficient (Wildman–Crippen LogP) is 27.4.